The smallest absolute Gasteiger partial charge is 0.340 e. The maximum atomic E-state index is 12.8. The predicted octanol–water partition coefficient (Wildman–Crippen LogP) is 4.55. The molecular formula is C21H30O6. The molecule has 150 valence electrons. The lowest BCUT2D eigenvalue weighted by molar-refractivity contribution is -0.000143. The van der Waals surface area contributed by atoms with Crippen LogP contribution in [0.15, 0.2) is 18.2 Å². The van der Waals surface area contributed by atoms with Gasteiger partial charge >= 0.3 is 17.9 Å². The maximum Gasteiger partial charge on any atom is 0.340 e. The Morgan fingerprint density at radius 2 is 0.889 bits per heavy atom. The van der Waals surface area contributed by atoms with Crippen molar-refractivity contribution < 1.29 is 28.6 Å². The lowest BCUT2D eigenvalue weighted by Gasteiger charge is -2.24. The molecule has 0 saturated heterocycles. The summed E-state index contributed by atoms with van der Waals surface area (Å²) in [7, 11) is 0. The van der Waals surface area contributed by atoms with Crippen molar-refractivity contribution in [2.75, 3.05) is 0 Å². The average Bonchev–Trinajstić information content (AvgIpc) is 2.40. The largest absolute Gasteiger partial charge is 0.456 e. The van der Waals surface area contributed by atoms with Crippen LogP contribution in [0.5, 0.6) is 0 Å². The van der Waals surface area contributed by atoms with Gasteiger partial charge in [-0.25, -0.2) is 14.4 Å². The van der Waals surface area contributed by atoms with E-state index in [1.54, 1.807) is 62.3 Å². The van der Waals surface area contributed by atoms with E-state index >= 15 is 0 Å². The Morgan fingerprint density at radius 1 is 0.593 bits per heavy atom. The van der Waals surface area contributed by atoms with Crippen molar-refractivity contribution in [1.82, 2.24) is 0 Å². The van der Waals surface area contributed by atoms with E-state index in [0.717, 1.165) is 0 Å². The standard InChI is InChI=1S/C21H30O6/c1-19(2,3)25-16(22)13-11-10-12-14(17(23)26-20(4,5)6)15(13)18(24)27-21(7,8)9/h10-12H,1-9H3. The monoisotopic (exact) mass is 378 g/mol. The first-order valence-corrected chi connectivity index (χ1v) is 8.83. The van der Waals surface area contributed by atoms with E-state index in [1.165, 1.54) is 18.2 Å². The summed E-state index contributed by atoms with van der Waals surface area (Å²) < 4.78 is 16.2. The van der Waals surface area contributed by atoms with Gasteiger partial charge in [-0.05, 0) is 74.4 Å². The zero-order chi connectivity index (χ0) is 21.2. The van der Waals surface area contributed by atoms with E-state index < -0.39 is 34.7 Å². The van der Waals surface area contributed by atoms with E-state index in [0.29, 0.717) is 0 Å². The van der Waals surface area contributed by atoms with Crippen molar-refractivity contribution in [2.24, 2.45) is 0 Å². The van der Waals surface area contributed by atoms with Gasteiger partial charge in [-0.3, -0.25) is 0 Å². The molecule has 27 heavy (non-hydrogen) atoms. The number of ether oxygens (including phenoxy) is 3. The second kappa shape index (κ2) is 7.71. The van der Waals surface area contributed by atoms with Gasteiger partial charge in [0.1, 0.15) is 16.8 Å². The Balaban J connectivity index is 3.51. The molecule has 0 aliphatic heterocycles. The van der Waals surface area contributed by atoms with Crippen LogP contribution in [0.3, 0.4) is 0 Å². The highest BCUT2D eigenvalue weighted by Gasteiger charge is 2.32. The molecular weight excluding hydrogens is 348 g/mol. The van der Waals surface area contributed by atoms with Gasteiger partial charge < -0.3 is 14.2 Å². The topological polar surface area (TPSA) is 78.9 Å². The van der Waals surface area contributed by atoms with Crippen LogP contribution < -0.4 is 0 Å². The van der Waals surface area contributed by atoms with Crippen LogP contribution in [0.4, 0.5) is 0 Å². The van der Waals surface area contributed by atoms with Crippen molar-refractivity contribution in [1.29, 1.82) is 0 Å². The molecule has 0 radical (unpaired) electrons. The highest BCUT2D eigenvalue weighted by Crippen LogP contribution is 2.24. The van der Waals surface area contributed by atoms with Gasteiger partial charge in [-0.2, -0.15) is 0 Å². The molecule has 1 aromatic rings. The second-order valence-corrected chi connectivity index (χ2v) is 9.23. The summed E-state index contributed by atoms with van der Waals surface area (Å²) in [6, 6.07) is 4.37. The van der Waals surface area contributed by atoms with Crippen molar-refractivity contribution in [3.8, 4) is 0 Å². The Bertz CT molecular complexity index is 680. The molecule has 0 spiro atoms. The van der Waals surface area contributed by atoms with Gasteiger partial charge in [-0.1, -0.05) is 6.07 Å². The van der Waals surface area contributed by atoms with Gasteiger partial charge in [0.2, 0.25) is 0 Å². The fourth-order valence-electron chi connectivity index (χ4n) is 2.11. The third-order valence-electron chi connectivity index (χ3n) is 2.91. The first-order valence-electron chi connectivity index (χ1n) is 8.83. The van der Waals surface area contributed by atoms with Crippen LogP contribution >= 0.6 is 0 Å². The summed E-state index contributed by atoms with van der Waals surface area (Å²) in [6.07, 6.45) is 0. The SMILES string of the molecule is CC(C)(C)OC(=O)c1cccc(C(=O)OC(C)(C)C)c1C(=O)OC(C)(C)C. The minimum atomic E-state index is -0.802. The number of rotatable bonds is 3. The summed E-state index contributed by atoms with van der Waals surface area (Å²) in [6.45, 7) is 15.4. The summed E-state index contributed by atoms with van der Waals surface area (Å²) in [4.78, 5) is 38.1. The molecule has 0 N–H and O–H groups in total. The molecule has 6 nitrogen and oxygen atoms in total. The molecule has 0 aliphatic carbocycles. The Morgan fingerprint density at radius 3 is 1.19 bits per heavy atom. The van der Waals surface area contributed by atoms with Crippen molar-refractivity contribution in [3.05, 3.63) is 34.9 Å². The lowest BCUT2D eigenvalue weighted by atomic mass is 9.99. The van der Waals surface area contributed by atoms with Gasteiger partial charge in [0, 0.05) is 0 Å². The maximum absolute atomic E-state index is 12.8. The average molecular weight is 378 g/mol. The number of carbonyl (C=O) groups excluding carboxylic acids is 3. The third-order valence-corrected chi connectivity index (χ3v) is 2.91. The number of esters is 3. The van der Waals surface area contributed by atoms with Crippen LogP contribution in [-0.4, -0.2) is 34.7 Å². The second-order valence-electron chi connectivity index (χ2n) is 9.23. The summed E-state index contributed by atoms with van der Waals surface area (Å²) >= 11 is 0. The van der Waals surface area contributed by atoms with Crippen molar-refractivity contribution >= 4 is 17.9 Å². The summed E-state index contributed by atoms with van der Waals surface area (Å²) in [5.74, 6) is -2.22. The molecule has 0 fully saturated rings. The minimum absolute atomic E-state index is 0.0393. The fourth-order valence-corrected chi connectivity index (χ4v) is 2.11. The van der Waals surface area contributed by atoms with Crippen LogP contribution in [0.2, 0.25) is 0 Å². The number of benzene rings is 1. The van der Waals surface area contributed by atoms with Crippen LogP contribution in [0.25, 0.3) is 0 Å². The Labute approximate surface area is 161 Å². The van der Waals surface area contributed by atoms with Crippen LogP contribution in [0.1, 0.15) is 93.4 Å². The quantitative estimate of drug-likeness (QED) is 0.567. The van der Waals surface area contributed by atoms with E-state index in [2.05, 4.69) is 0 Å². The van der Waals surface area contributed by atoms with E-state index in [4.69, 9.17) is 14.2 Å². The number of hydrogen-bond acceptors (Lipinski definition) is 6. The molecule has 1 rings (SSSR count). The van der Waals surface area contributed by atoms with Gasteiger partial charge in [0.05, 0.1) is 16.7 Å². The predicted molar refractivity (Wildman–Crippen MR) is 102 cm³/mol. The molecule has 1 aromatic carbocycles. The Hall–Kier alpha value is -2.37. The molecule has 0 heterocycles. The normalized spacial score (nSPS) is 12.3. The molecule has 0 saturated carbocycles. The molecule has 0 aliphatic rings. The van der Waals surface area contributed by atoms with Gasteiger partial charge in [-0.15, -0.1) is 0 Å². The van der Waals surface area contributed by atoms with Gasteiger partial charge in [0.15, 0.2) is 0 Å². The summed E-state index contributed by atoms with van der Waals surface area (Å²) in [5, 5.41) is 0. The fraction of sp³-hybridized carbons (Fsp3) is 0.571. The summed E-state index contributed by atoms with van der Waals surface area (Å²) in [5.41, 5.74) is -2.56. The number of hydrogen-bond donors (Lipinski definition) is 0. The molecule has 0 unspecified atom stereocenters. The number of carbonyl (C=O) groups is 3. The first-order chi connectivity index (χ1) is 12.0. The molecule has 0 atom stereocenters. The third kappa shape index (κ3) is 7.41. The lowest BCUT2D eigenvalue weighted by Crippen LogP contribution is -2.30. The zero-order valence-electron chi connectivity index (χ0n) is 17.7. The first kappa shape index (κ1) is 22.7. The van der Waals surface area contributed by atoms with E-state index in [9.17, 15) is 14.4 Å². The van der Waals surface area contributed by atoms with Crippen LogP contribution in [0, 0.1) is 0 Å². The molecule has 0 aromatic heterocycles. The Kier molecular flexibility index (Phi) is 6.47. The van der Waals surface area contributed by atoms with Crippen molar-refractivity contribution in [2.45, 2.75) is 79.1 Å². The molecule has 6 heteroatoms. The highest BCUT2D eigenvalue weighted by atomic mass is 16.6. The van der Waals surface area contributed by atoms with Gasteiger partial charge in [0.25, 0.3) is 0 Å². The highest BCUT2D eigenvalue weighted by molar-refractivity contribution is 6.10. The minimum Gasteiger partial charge on any atom is -0.456 e. The van der Waals surface area contributed by atoms with Crippen LogP contribution in [-0.2, 0) is 14.2 Å². The van der Waals surface area contributed by atoms with E-state index in [1.807, 2.05) is 0 Å². The van der Waals surface area contributed by atoms with Crippen molar-refractivity contribution in [3.63, 3.8) is 0 Å². The molecule has 0 bridgehead atoms. The molecule has 0 amide bonds. The zero-order valence-corrected chi connectivity index (χ0v) is 17.7. The van der Waals surface area contributed by atoms with E-state index in [-0.39, 0.29) is 16.7 Å².